The Labute approximate surface area is 171 Å². The van der Waals surface area contributed by atoms with E-state index in [0.29, 0.717) is 17.9 Å². The number of hydrogen-bond donors (Lipinski definition) is 0. The van der Waals surface area contributed by atoms with Crippen molar-refractivity contribution in [2.24, 2.45) is 0 Å². The summed E-state index contributed by atoms with van der Waals surface area (Å²) in [7, 11) is 2.21. The Morgan fingerprint density at radius 3 is 2.48 bits per heavy atom. The molecule has 1 saturated carbocycles. The highest BCUT2D eigenvalue weighted by Crippen LogP contribution is 2.38. The number of piperazine rings is 1. The first-order chi connectivity index (χ1) is 14.2. The largest absolute Gasteiger partial charge is 0.336 e. The summed E-state index contributed by atoms with van der Waals surface area (Å²) in [5.41, 5.74) is 1.59. The van der Waals surface area contributed by atoms with Crippen LogP contribution in [-0.2, 0) is 0 Å². The predicted molar refractivity (Wildman–Crippen MR) is 110 cm³/mol. The van der Waals surface area contributed by atoms with E-state index < -0.39 is 0 Å². The smallest absolute Gasteiger partial charge is 0.257 e. The van der Waals surface area contributed by atoms with Gasteiger partial charge in [0.15, 0.2) is 5.82 Å². The third-order valence-electron chi connectivity index (χ3n) is 6.48. The van der Waals surface area contributed by atoms with Crippen molar-refractivity contribution in [1.82, 2.24) is 24.8 Å². The average Bonchev–Trinajstić information content (AvgIpc) is 3.50. The molecule has 154 valence electrons. The van der Waals surface area contributed by atoms with Crippen LogP contribution in [0, 0.1) is 0 Å². The lowest BCUT2D eigenvalue weighted by molar-refractivity contribution is 0.0452. The van der Waals surface area contributed by atoms with E-state index in [1.807, 2.05) is 29.2 Å². The molecule has 1 aliphatic carbocycles. The van der Waals surface area contributed by atoms with Gasteiger partial charge in [-0.15, -0.1) is 0 Å². The SMILES string of the molecule is CN1CCCC(N2CCN(C(=O)c3ccc(-c4nc(C5CC5)no4)cc3)CC2)C1. The highest BCUT2D eigenvalue weighted by molar-refractivity contribution is 5.94. The first kappa shape index (κ1) is 18.8. The number of carbonyl (C=O) groups is 1. The molecule has 5 rings (SSSR count). The third kappa shape index (κ3) is 4.07. The minimum absolute atomic E-state index is 0.112. The number of benzene rings is 1. The quantitative estimate of drug-likeness (QED) is 0.792. The molecule has 1 aromatic heterocycles. The molecule has 2 aliphatic heterocycles. The molecule has 3 heterocycles. The molecule has 7 nitrogen and oxygen atoms in total. The van der Waals surface area contributed by atoms with Gasteiger partial charge in [-0.05, 0) is 63.5 Å². The first-order valence-electron chi connectivity index (χ1n) is 10.8. The number of likely N-dealkylation sites (tertiary alicyclic amines) is 1. The monoisotopic (exact) mass is 395 g/mol. The number of aromatic nitrogens is 2. The van der Waals surface area contributed by atoms with Crippen LogP contribution in [0.2, 0.25) is 0 Å². The van der Waals surface area contributed by atoms with Gasteiger partial charge in [-0.25, -0.2) is 0 Å². The summed E-state index contributed by atoms with van der Waals surface area (Å²) in [5, 5.41) is 4.07. The van der Waals surface area contributed by atoms with Crippen molar-refractivity contribution in [3.8, 4) is 11.5 Å². The summed E-state index contributed by atoms with van der Waals surface area (Å²) < 4.78 is 5.38. The van der Waals surface area contributed by atoms with Gasteiger partial charge in [0.1, 0.15) is 0 Å². The predicted octanol–water partition coefficient (Wildman–Crippen LogP) is 2.47. The van der Waals surface area contributed by atoms with Crippen molar-refractivity contribution >= 4 is 5.91 Å². The van der Waals surface area contributed by atoms with Gasteiger partial charge >= 0.3 is 0 Å². The lowest BCUT2D eigenvalue weighted by atomic mass is 10.0. The Bertz CT molecular complexity index is 852. The molecule has 7 heteroatoms. The fourth-order valence-electron chi connectivity index (χ4n) is 4.52. The van der Waals surface area contributed by atoms with Crippen molar-refractivity contribution in [2.75, 3.05) is 46.3 Å². The maximum Gasteiger partial charge on any atom is 0.257 e. The van der Waals surface area contributed by atoms with Crippen LogP contribution in [0.1, 0.15) is 47.8 Å². The van der Waals surface area contributed by atoms with E-state index >= 15 is 0 Å². The van der Waals surface area contributed by atoms with Crippen LogP contribution in [-0.4, -0.2) is 83.1 Å². The van der Waals surface area contributed by atoms with Crippen LogP contribution in [0.25, 0.3) is 11.5 Å². The molecule has 2 saturated heterocycles. The van der Waals surface area contributed by atoms with Crippen LogP contribution >= 0.6 is 0 Å². The van der Waals surface area contributed by atoms with E-state index in [-0.39, 0.29) is 5.91 Å². The molecular formula is C22H29N5O2. The van der Waals surface area contributed by atoms with E-state index in [4.69, 9.17) is 4.52 Å². The van der Waals surface area contributed by atoms with Crippen LogP contribution in [0.3, 0.4) is 0 Å². The maximum absolute atomic E-state index is 12.9. The lowest BCUT2D eigenvalue weighted by Gasteiger charge is -2.42. The minimum atomic E-state index is 0.112. The highest BCUT2D eigenvalue weighted by atomic mass is 16.5. The van der Waals surface area contributed by atoms with Crippen LogP contribution in [0.4, 0.5) is 0 Å². The zero-order chi connectivity index (χ0) is 19.8. The number of likely N-dealkylation sites (N-methyl/N-ethyl adjacent to an activating group) is 1. The molecule has 1 unspecified atom stereocenters. The number of amides is 1. The zero-order valence-corrected chi connectivity index (χ0v) is 17.1. The minimum Gasteiger partial charge on any atom is -0.336 e. The van der Waals surface area contributed by atoms with Gasteiger partial charge in [0.05, 0.1) is 0 Å². The summed E-state index contributed by atoms with van der Waals surface area (Å²) in [6.45, 7) is 5.89. The second kappa shape index (κ2) is 7.88. The second-order valence-electron chi connectivity index (χ2n) is 8.70. The molecule has 3 fully saturated rings. The first-order valence-corrected chi connectivity index (χ1v) is 10.8. The van der Waals surface area contributed by atoms with Crippen molar-refractivity contribution in [1.29, 1.82) is 0 Å². The Morgan fingerprint density at radius 2 is 1.79 bits per heavy atom. The van der Waals surface area contributed by atoms with Crippen LogP contribution < -0.4 is 0 Å². The van der Waals surface area contributed by atoms with Crippen molar-refractivity contribution in [3.63, 3.8) is 0 Å². The Kier molecular flexibility index (Phi) is 5.09. The van der Waals surface area contributed by atoms with E-state index in [1.165, 1.54) is 19.4 Å². The number of piperidine rings is 1. The summed E-state index contributed by atoms with van der Waals surface area (Å²) in [4.78, 5) is 24.4. The molecule has 29 heavy (non-hydrogen) atoms. The van der Waals surface area contributed by atoms with Crippen LogP contribution in [0.15, 0.2) is 28.8 Å². The molecule has 3 aliphatic rings. The fourth-order valence-corrected chi connectivity index (χ4v) is 4.52. The topological polar surface area (TPSA) is 65.7 Å². The Morgan fingerprint density at radius 1 is 1.03 bits per heavy atom. The maximum atomic E-state index is 12.9. The molecule has 1 amide bonds. The van der Waals surface area contributed by atoms with Crippen LogP contribution in [0.5, 0.6) is 0 Å². The Balaban J connectivity index is 1.18. The molecule has 2 aromatic rings. The van der Waals surface area contributed by atoms with E-state index in [1.54, 1.807) is 0 Å². The normalized spacial score (nSPS) is 24.0. The van der Waals surface area contributed by atoms with E-state index in [9.17, 15) is 4.79 Å². The second-order valence-corrected chi connectivity index (χ2v) is 8.70. The molecule has 0 N–H and O–H groups in total. The van der Waals surface area contributed by atoms with E-state index in [2.05, 4.69) is 27.0 Å². The lowest BCUT2D eigenvalue weighted by Crippen LogP contribution is -2.55. The van der Waals surface area contributed by atoms with Gasteiger partial charge in [-0.1, -0.05) is 5.16 Å². The standard InChI is InChI=1S/C22H29N5O2/c1-25-10-2-3-19(15-25)26-11-13-27(14-12-26)22(28)18-8-6-17(7-9-18)21-23-20(24-29-21)16-4-5-16/h6-9,16,19H,2-5,10-15H2,1H3. The summed E-state index contributed by atoms with van der Waals surface area (Å²) in [6.07, 6.45) is 4.85. The number of nitrogens with zero attached hydrogens (tertiary/aromatic N) is 5. The summed E-state index contributed by atoms with van der Waals surface area (Å²) in [6, 6.07) is 8.21. The van der Waals surface area contributed by atoms with Gasteiger partial charge in [0.2, 0.25) is 0 Å². The molecule has 0 bridgehead atoms. The fraction of sp³-hybridized carbons (Fsp3) is 0.591. The van der Waals surface area contributed by atoms with Gasteiger partial charge in [-0.3, -0.25) is 9.69 Å². The molecule has 0 spiro atoms. The van der Waals surface area contributed by atoms with Crippen molar-refractivity contribution in [3.05, 3.63) is 35.7 Å². The van der Waals surface area contributed by atoms with Gasteiger partial charge in [0, 0.05) is 55.8 Å². The average molecular weight is 396 g/mol. The van der Waals surface area contributed by atoms with Crippen molar-refractivity contribution < 1.29 is 9.32 Å². The molecule has 0 radical (unpaired) electrons. The molecular weight excluding hydrogens is 366 g/mol. The zero-order valence-electron chi connectivity index (χ0n) is 17.1. The van der Waals surface area contributed by atoms with Crippen molar-refractivity contribution in [2.45, 2.75) is 37.6 Å². The summed E-state index contributed by atoms with van der Waals surface area (Å²) >= 11 is 0. The van der Waals surface area contributed by atoms with E-state index in [0.717, 1.165) is 62.5 Å². The number of hydrogen-bond acceptors (Lipinski definition) is 6. The van der Waals surface area contributed by atoms with Gasteiger partial charge in [0.25, 0.3) is 11.8 Å². The number of carbonyl (C=O) groups excluding carboxylic acids is 1. The molecule has 1 atom stereocenters. The summed E-state index contributed by atoms with van der Waals surface area (Å²) in [5.74, 6) is 1.93. The third-order valence-corrected chi connectivity index (χ3v) is 6.48. The Hall–Kier alpha value is -2.25. The van der Waals surface area contributed by atoms with Gasteiger partial charge < -0.3 is 14.3 Å². The number of rotatable bonds is 4. The molecule has 1 aromatic carbocycles. The highest BCUT2D eigenvalue weighted by Gasteiger charge is 2.30. The van der Waals surface area contributed by atoms with Gasteiger partial charge in [-0.2, -0.15) is 4.98 Å².